The van der Waals surface area contributed by atoms with E-state index in [0.717, 1.165) is 11.1 Å². The van der Waals surface area contributed by atoms with Gasteiger partial charge in [-0.3, -0.25) is 9.69 Å². The zero-order chi connectivity index (χ0) is 17.6. The van der Waals surface area contributed by atoms with E-state index in [9.17, 15) is 14.7 Å². The van der Waals surface area contributed by atoms with E-state index in [4.69, 9.17) is 4.42 Å². The normalized spacial score (nSPS) is 19.7. The summed E-state index contributed by atoms with van der Waals surface area (Å²) < 4.78 is 5.00. The Kier molecular flexibility index (Phi) is 7.90. The van der Waals surface area contributed by atoms with Crippen LogP contribution in [0, 0.1) is 0 Å². The molecule has 1 fully saturated rings. The summed E-state index contributed by atoms with van der Waals surface area (Å²) in [6, 6.07) is 10.2. The molecular formula is C19H21N2NaO4. The molecule has 1 aromatic carbocycles. The smallest absolute Gasteiger partial charge is 0.548 e. The minimum Gasteiger partial charge on any atom is -0.548 e. The van der Waals surface area contributed by atoms with Gasteiger partial charge in [-0.2, -0.15) is 0 Å². The molecule has 132 valence electrons. The number of nitrogens with one attached hydrogen (secondary N) is 1. The molecule has 0 bridgehead atoms. The second kappa shape index (κ2) is 9.92. The van der Waals surface area contributed by atoms with Gasteiger partial charge in [0.2, 0.25) is 5.91 Å². The van der Waals surface area contributed by atoms with Gasteiger partial charge >= 0.3 is 29.6 Å². The number of carboxylic acid groups (broad SMARTS) is 1. The van der Waals surface area contributed by atoms with Crippen LogP contribution >= 0.6 is 0 Å². The number of aliphatic carboxylic acids is 1. The van der Waals surface area contributed by atoms with E-state index in [2.05, 4.69) is 5.32 Å². The topological polar surface area (TPSA) is 85.6 Å². The molecule has 0 radical (unpaired) electrons. The minimum atomic E-state index is -1.12. The zero-order valence-electron chi connectivity index (χ0n) is 14.9. The van der Waals surface area contributed by atoms with Gasteiger partial charge in [0.1, 0.15) is 0 Å². The Morgan fingerprint density at radius 1 is 1.12 bits per heavy atom. The number of rotatable bonds is 7. The van der Waals surface area contributed by atoms with Crippen LogP contribution in [-0.4, -0.2) is 35.4 Å². The molecule has 2 aromatic rings. The maximum atomic E-state index is 12.6. The first-order valence-corrected chi connectivity index (χ1v) is 8.44. The monoisotopic (exact) mass is 364 g/mol. The van der Waals surface area contributed by atoms with Crippen LogP contribution in [0.4, 0.5) is 0 Å². The standard InChI is InChI=1S/C19H22N2O4.Na/c22-18(20-10-8-15-9-11-25-13-15)16-6-7-17(19(23)24)21(16)12-14-4-2-1-3-5-14;/h1-5,9,11,13,16-17H,6-8,10,12H2,(H,20,22)(H,23,24);/q;+1/p-1. The van der Waals surface area contributed by atoms with E-state index in [-0.39, 0.29) is 35.5 Å². The summed E-state index contributed by atoms with van der Waals surface area (Å²) in [5.41, 5.74) is 1.99. The van der Waals surface area contributed by atoms with E-state index >= 15 is 0 Å². The van der Waals surface area contributed by atoms with E-state index in [1.54, 1.807) is 17.4 Å². The van der Waals surface area contributed by atoms with E-state index in [0.29, 0.717) is 32.4 Å². The maximum Gasteiger partial charge on any atom is 1.00 e. The van der Waals surface area contributed by atoms with Crippen molar-refractivity contribution < 1.29 is 48.7 Å². The second-order valence-electron chi connectivity index (χ2n) is 6.26. The number of hydrogen-bond donors (Lipinski definition) is 1. The van der Waals surface area contributed by atoms with Crippen molar-refractivity contribution in [3.8, 4) is 0 Å². The quantitative estimate of drug-likeness (QED) is 0.560. The first-order chi connectivity index (χ1) is 12.1. The number of nitrogens with zero attached hydrogens (tertiary/aromatic N) is 1. The van der Waals surface area contributed by atoms with Gasteiger partial charge in [-0.05, 0) is 36.5 Å². The van der Waals surface area contributed by atoms with E-state index in [1.165, 1.54) is 0 Å². The van der Waals surface area contributed by atoms with Crippen molar-refractivity contribution in [1.82, 2.24) is 10.2 Å². The second-order valence-corrected chi connectivity index (χ2v) is 6.26. The molecule has 26 heavy (non-hydrogen) atoms. The van der Waals surface area contributed by atoms with Crippen molar-refractivity contribution in [3.05, 3.63) is 60.1 Å². The molecule has 0 saturated carbocycles. The number of hydrogen-bond acceptors (Lipinski definition) is 5. The number of carbonyl (C=O) groups is 2. The molecule has 1 aliphatic heterocycles. The van der Waals surface area contributed by atoms with Gasteiger partial charge in [-0.15, -0.1) is 0 Å². The molecule has 3 rings (SSSR count). The predicted molar refractivity (Wildman–Crippen MR) is 89.2 cm³/mol. The number of furan rings is 1. The van der Waals surface area contributed by atoms with Crippen molar-refractivity contribution in [2.45, 2.75) is 37.9 Å². The Bertz CT molecular complexity index is 706. The van der Waals surface area contributed by atoms with Crippen molar-refractivity contribution in [2.24, 2.45) is 0 Å². The SMILES string of the molecule is O=C([O-])C1CCC(C(=O)NCCc2ccoc2)N1Cc1ccccc1.[Na+]. The Morgan fingerprint density at radius 2 is 1.85 bits per heavy atom. The molecule has 7 heteroatoms. The maximum absolute atomic E-state index is 12.6. The van der Waals surface area contributed by atoms with E-state index in [1.807, 2.05) is 36.4 Å². The fourth-order valence-corrected chi connectivity index (χ4v) is 3.30. The Labute approximate surface area is 174 Å². The Balaban J connectivity index is 0.00000243. The molecule has 2 unspecified atom stereocenters. The van der Waals surface area contributed by atoms with Gasteiger partial charge in [-0.25, -0.2) is 0 Å². The summed E-state index contributed by atoms with van der Waals surface area (Å²) >= 11 is 0. The van der Waals surface area contributed by atoms with Crippen LogP contribution in [0.2, 0.25) is 0 Å². The number of carboxylic acids is 1. The third-order valence-electron chi connectivity index (χ3n) is 4.59. The Morgan fingerprint density at radius 3 is 2.50 bits per heavy atom. The van der Waals surface area contributed by atoms with Crippen LogP contribution in [-0.2, 0) is 22.6 Å². The number of amides is 1. The first kappa shape index (κ1) is 20.7. The van der Waals surface area contributed by atoms with Crippen LogP contribution in [0.5, 0.6) is 0 Å². The minimum absolute atomic E-state index is 0. The largest absolute Gasteiger partial charge is 1.00 e. The fraction of sp³-hybridized carbons (Fsp3) is 0.368. The molecular weight excluding hydrogens is 343 g/mol. The van der Waals surface area contributed by atoms with Crippen molar-refractivity contribution in [2.75, 3.05) is 6.54 Å². The number of carbonyl (C=O) groups excluding carboxylic acids is 2. The van der Waals surface area contributed by atoms with Crippen LogP contribution in [0.3, 0.4) is 0 Å². The molecule has 1 N–H and O–H groups in total. The summed E-state index contributed by atoms with van der Waals surface area (Å²) in [5, 5.41) is 14.3. The van der Waals surface area contributed by atoms with Crippen molar-refractivity contribution in [1.29, 1.82) is 0 Å². The van der Waals surface area contributed by atoms with Crippen LogP contribution in [0.1, 0.15) is 24.0 Å². The third kappa shape index (κ3) is 5.20. The number of benzene rings is 1. The van der Waals surface area contributed by atoms with Gasteiger partial charge in [0.25, 0.3) is 0 Å². The molecule has 1 aliphatic rings. The van der Waals surface area contributed by atoms with Gasteiger partial charge in [0.15, 0.2) is 0 Å². The molecule has 6 nitrogen and oxygen atoms in total. The fourth-order valence-electron chi connectivity index (χ4n) is 3.30. The summed E-state index contributed by atoms with van der Waals surface area (Å²) in [6.45, 7) is 0.906. The first-order valence-electron chi connectivity index (χ1n) is 8.44. The molecule has 2 atom stereocenters. The molecule has 0 aliphatic carbocycles. The molecule has 1 saturated heterocycles. The molecule has 0 spiro atoms. The average molecular weight is 364 g/mol. The van der Waals surface area contributed by atoms with Crippen LogP contribution in [0.25, 0.3) is 0 Å². The average Bonchev–Trinajstić information content (AvgIpc) is 3.25. The third-order valence-corrected chi connectivity index (χ3v) is 4.59. The number of likely N-dealkylation sites (tertiary alicyclic amines) is 1. The summed E-state index contributed by atoms with van der Waals surface area (Å²) in [6.07, 6.45) is 4.87. The van der Waals surface area contributed by atoms with Gasteiger partial charge in [0.05, 0.1) is 30.6 Å². The van der Waals surface area contributed by atoms with Gasteiger partial charge in [-0.1, -0.05) is 30.3 Å². The van der Waals surface area contributed by atoms with Crippen molar-refractivity contribution >= 4 is 11.9 Å². The van der Waals surface area contributed by atoms with Crippen LogP contribution in [0.15, 0.2) is 53.3 Å². The molecule has 1 amide bonds. The summed E-state index contributed by atoms with van der Waals surface area (Å²) in [7, 11) is 0. The van der Waals surface area contributed by atoms with Crippen molar-refractivity contribution in [3.63, 3.8) is 0 Å². The molecule has 2 heterocycles. The zero-order valence-corrected chi connectivity index (χ0v) is 16.9. The van der Waals surface area contributed by atoms with Gasteiger partial charge < -0.3 is 19.6 Å². The van der Waals surface area contributed by atoms with E-state index < -0.39 is 18.1 Å². The Hall–Kier alpha value is -1.60. The summed E-state index contributed by atoms with van der Waals surface area (Å²) in [4.78, 5) is 25.7. The van der Waals surface area contributed by atoms with Crippen LogP contribution < -0.4 is 40.0 Å². The predicted octanol–water partition coefficient (Wildman–Crippen LogP) is -2.27. The molecule has 1 aromatic heterocycles. The van der Waals surface area contributed by atoms with Gasteiger partial charge in [0, 0.05) is 13.1 Å². The summed E-state index contributed by atoms with van der Waals surface area (Å²) in [5.74, 6) is -1.26.